The Labute approximate surface area is 385 Å². The molecule has 0 saturated heterocycles. The Bertz CT molecular complexity index is 3150. The van der Waals surface area contributed by atoms with Gasteiger partial charge in [0.2, 0.25) is 10.7 Å². The number of pyridine rings is 4. The summed E-state index contributed by atoms with van der Waals surface area (Å²) in [6.07, 6.45) is 33.6. The molecule has 0 aliphatic rings. The van der Waals surface area contributed by atoms with Crippen molar-refractivity contribution in [2.24, 2.45) is 0 Å². The minimum Gasteiger partial charge on any atom is -0.354 e. The van der Waals surface area contributed by atoms with Crippen LogP contribution in [0.5, 0.6) is 0 Å². The summed E-state index contributed by atoms with van der Waals surface area (Å²) < 4.78 is 6.88. The topological polar surface area (TPSA) is 89.9 Å². The van der Waals surface area contributed by atoms with Crippen LogP contribution in [0.25, 0.3) is 64.6 Å². The van der Waals surface area contributed by atoms with Crippen LogP contribution in [0.15, 0.2) is 117 Å². The molecule has 0 aliphatic carbocycles. The molecule has 8 nitrogen and oxygen atoms in total. The molecule has 340 valence electrons. The van der Waals surface area contributed by atoms with Gasteiger partial charge in [-0.25, -0.2) is 19.2 Å². The van der Waals surface area contributed by atoms with E-state index in [-0.39, 0.29) is 22.2 Å². The zero-order valence-corrected chi connectivity index (χ0v) is 39.2. The third kappa shape index (κ3) is 8.83. The summed E-state index contributed by atoms with van der Waals surface area (Å²) >= 11 is 0. The van der Waals surface area contributed by atoms with E-state index >= 15 is 0 Å². The molecule has 4 heterocycles. The normalized spacial score (nSPS) is 12.2. The van der Waals surface area contributed by atoms with Crippen molar-refractivity contribution < 1.29 is 8.49 Å². The fourth-order valence-corrected chi connectivity index (χ4v) is 10.8. The molecule has 0 spiro atoms. The molecule has 4 aromatic heterocycles. The van der Waals surface area contributed by atoms with Crippen molar-refractivity contribution in [1.82, 2.24) is 9.13 Å². The van der Waals surface area contributed by atoms with Gasteiger partial charge in [-0.05, 0) is 69.4 Å². The smallest absolute Gasteiger partial charge is 0.354 e. The maximum absolute atomic E-state index is 14.3. The van der Waals surface area contributed by atoms with Crippen LogP contribution in [0.3, 0.4) is 0 Å². The first-order valence-electron chi connectivity index (χ1n) is 25.4. The fourth-order valence-electron chi connectivity index (χ4n) is 10.8. The molecule has 0 unspecified atom stereocenters. The predicted octanol–water partition coefficient (Wildman–Crippen LogP) is 12.0. The van der Waals surface area contributed by atoms with Crippen LogP contribution in [0, 0.1) is 10.7 Å². The Balaban J connectivity index is 1.00. The summed E-state index contributed by atoms with van der Waals surface area (Å²) in [5.41, 5.74) is -1.38. The van der Waals surface area contributed by atoms with Crippen molar-refractivity contribution in [3.05, 3.63) is 150 Å². The lowest BCUT2D eigenvalue weighted by Gasteiger charge is -2.15. The molecule has 0 saturated carbocycles. The van der Waals surface area contributed by atoms with Crippen LogP contribution in [0.4, 0.5) is 0 Å². The highest BCUT2D eigenvalue weighted by Gasteiger charge is 2.26. The third-order valence-electron chi connectivity index (χ3n) is 14.4. The molecule has 9 rings (SSSR count). The molecular weight excluding hydrogens is 817 g/mol. The van der Waals surface area contributed by atoms with Crippen molar-refractivity contribution in [1.29, 1.82) is 0 Å². The lowest BCUT2D eigenvalue weighted by atomic mass is 9.86. The Hall–Kier alpha value is -6.02. The molecule has 8 heteroatoms. The Morgan fingerprint density at radius 1 is 0.303 bits per heavy atom. The maximum Gasteiger partial charge on any atom is 0.429 e. The van der Waals surface area contributed by atoms with Crippen LogP contribution in [-0.2, 0) is 13.1 Å². The highest BCUT2D eigenvalue weighted by Crippen LogP contribution is 2.43. The van der Waals surface area contributed by atoms with Crippen LogP contribution < -0.4 is 30.7 Å². The standard InChI is InChI=1S/C58H66N4O4/c1-3-5-7-9-11-13-15-17-19-21-35-59-37-31-41(32-38-59)61-55(63)47-27-23-43-45-25-29-49-54-50(30-26-46(52(45)54)44-24-28-48(56(61)64)53(47)51(43)44)58(66)62(57(49)65)42-33-39-60(40-34-42)36-22-20-18-16-14-12-10-8-6-4-2/h23-34,37-40H,3-22,35-36H2,1-2H3/q+2. The number of benzene rings is 5. The van der Waals surface area contributed by atoms with Crippen molar-refractivity contribution in [3.63, 3.8) is 0 Å². The van der Waals surface area contributed by atoms with Gasteiger partial charge in [-0.3, -0.25) is 0 Å². The minimum atomic E-state index is -0.346. The van der Waals surface area contributed by atoms with Gasteiger partial charge < -0.3 is 9.13 Å². The first-order valence-corrected chi connectivity index (χ1v) is 25.4. The van der Waals surface area contributed by atoms with E-state index in [0.717, 1.165) is 58.2 Å². The van der Waals surface area contributed by atoms with Crippen molar-refractivity contribution >= 4 is 64.6 Å². The summed E-state index contributed by atoms with van der Waals surface area (Å²) in [7, 11) is 0. The number of nitrogens with zero attached hydrogens (tertiary/aromatic N) is 4. The van der Waals surface area contributed by atoms with Gasteiger partial charge in [-0.2, -0.15) is 0 Å². The fraction of sp³-hybridized carbons (Fsp3) is 0.414. The van der Waals surface area contributed by atoms with Gasteiger partial charge in [-0.1, -0.05) is 162 Å². The molecule has 9 aromatic rings. The van der Waals surface area contributed by atoms with E-state index in [4.69, 9.17) is 0 Å². The van der Waals surface area contributed by atoms with Crippen molar-refractivity contribution in [3.8, 4) is 0 Å². The number of aromatic nitrogens is 4. The van der Waals surface area contributed by atoms with Gasteiger partial charge in [0.05, 0.1) is 0 Å². The van der Waals surface area contributed by atoms with E-state index in [1.165, 1.54) is 124 Å². The van der Waals surface area contributed by atoms with Crippen LogP contribution in [0.2, 0.25) is 0 Å². The average molecular weight is 883 g/mol. The van der Waals surface area contributed by atoms with E-state index in [1.807, 2.05) is 97.6 Å². The number of unbranched alkanes of at least 4 members (excludes halogenated alkanes) is 18. The SMILES string of the molecule is CCCCCCCCCCCCn1ccc(=[n+]2c(=O)c3ccc4c5ccc6c(=O)[n+](=c7ccn(CCCCCCCCCCCC)cc7)c(=O)c7ccc(c8ccc(c2=O)c3c48)c5c67)cc1. The van der Waals surface area contributed by atoms with Crippen LogP contribution in [-0.4, -0.2) is 9.13 Å². The quantitative estimate of drug-likeness (QED) is 0.0293. The number of hydrogen-bond acceptors (Lipinski definition) is 4. The molecular formula is C58H66N4O4+2. The van der Waals surface area contributed by atoms with Crippen molar-refractivity contribution in [2.75, 3.05) is 0 Å². The molecule has 0 bridgehead atoms. The zero-order valence-electron chi connectivity index (χ0n) is 39.2. The summed E-state index contributed by atoms with van der Waals surface area (Å²) in [5, 5.41) is 9.51. The van der Waals surface area contributed by atoms with E-state index in [0.29, 0.717) is 43.0 Å². The summed E-state index contributed by atoms with van der Waals surface area (Å²) in [6, 6.07) is 22.6. The van der Waals surface area contributed by atoms with E-state index in [9.17, 15) is 19.2 Å². The van der Waals surface area contributed by atoms with Crippen molar-refractivity contribution in [2.45, 2.75) is 155 Å². The van der Waals surface area contributed by atoms with Gasteiger partial charge in [0.1, 0.15) is 21.5 Å². The number of aryl methyl sites for hydroxylation is 2. The zero-order chi connectivity index (χ0) is 45.6. The first-order chi connectivity index (χ1) is 32.4. The lowest BCUT2D eigenvalue weighted by molar-refractivity contribution is -0.539. The Morgan fingerprint density at radius 2 is 0.530 bits per heavy atom. The van der Waals surface area contributed by atoms with Gasteiger partial charge in [0, 0.05) is 72.9 Å². The molecule has 0 atom stereocenters. The van der Waals surface area contributed by atoms with Gasteiger partial charge in [0.15, 0.2) is 0 Å². The predicted molar refractivity (Wildman–Crippen MR) is 272 cm³/mol. The monoisotopic (exact) mass is 883 g/mol. The third-order valence-corrected chi connectivity index (χ3v) is 14.4. The summed E-state index contributed by atoms with van der Waals surface area (Å²) in [5.74, 6) is 0. The average Bonchev–Trinajstić information content (AvgIpc) is 3.34. The second-order valence-corrected chi connectivity index (χ2v) is 19.0. The number of rotatable bonds is 22. The van der Waals surface area contributed by atoms with E-state index in [1.54, 1.807) is 0 Å². The molecule has 66 heavy (non-hydrogen) atoms. The minimum absolute atomic E-state index is 0.346. The van der Waals surface area contributed by atoms with Gasteiger partial charge in [0.25, 0.3) is 0 Å². The molecule has 5 aromatic carbocycles. The van der Waals surface area contributed by atoms with Gasteiger partial charge in [-0.15, -0.1) is 0 Å². The van der Waals surface area contributed by atoms with Crippen LogP contribution in [0.1, 0.15) is 142 Å². The highest BCUT2D eigenvalue weighted by molar-refractivity contribution is 6.39. The lowest BCUT2D eigenvalue weighted by Crippen LogP contribution is -2.51. The van der Waals surface area contributed by atoms with Crippen LogP contribution >= 0.6 is 0 Å². The molecule has 0 N–H and O–H groups in total. The largest absolute Gasteiger partial charge is 0.429 e. The van der Waals surface area contributed by atoms with Gasteiger partial charge >= 0.3 is 22.2 Å². The van der Waals surface area contributed by atoms with E-state index in [2.05, 4.69) is 23.0 Å². The molecule has 0 radical (unpaired) electrons. The summed E-state index contributed by atoms with van der Waals surface area (Å²) in [4.78, 5) is 57.4. The maximum atomic E-state index is 14.3. The molecule has 0 aliphatic heterocycles. The highest BCUT2D eigenvalue weighted by atomic mass is 16.2. The number of fused-ring (bicyclic) bond motifs is 2. The number of hydrogen-bond donors (Lipinski definition) is 0. The second kappa shape index (κ2) is 20.7. The van der Waals surface area contributed by atoms with E-state index < -0.39 is 0 Å². The second-order valence-electron chi connectivity index (χ2n) is 19.0. The molecule has 0 fully saturated rings. The molecule has 0 amide bonds. The first kappa shape index (κ1) is 45.1. The Kier molecular flexibility index (Phi) is 14.1. The Morgan fingerprint density at radius 3 is 0.803 bits per heavy atom. The summed E-state index contributed by atoms with van der Waals surface area (Å²) in [6.45, 7) is 6.32.